The van der Waals surface area contributed by atoms with Gasteiger partial charge in [-0.1, -0.05) is 12.1 Å². The molecule has 3 rings (SSSR count). The lowest BCUT2D eigenvalue weighted by molar-refractivity contribution is -0.385. The first kappa shape index (κ1) is 20.8. The smallest absolute Gasteiger partial charge is 0.272 e. The Kier molecular flexibility index (Phi) is 6.82. The van der Waals surface area contributed by atoms with Crippen molar-refractivity contribution in [3.8, 4) is 0 Å². The van der Waals surface area contributed by atoms with Gasteiger partial charge >= 0.3 is 0 Å². The van der Waals surface area contributed by atoms with Crippen LogP contribution in [0.5, 0.6) is 0 Å². The lowest BCUT2D eigenvalue weighted by Gasteiger charge is -2.34. The van der Waals surface area contributed by atoms with Crippen LogP contribution in [0.15, 0.2) is 42.5 Å². The van der Waals surface area contributed by atoms with Crippen LogP contribution < -0.4 is 10.2 Å². The summed E-state index contributed by atoms with van der Waals surface area (Å²) in [6, 6.07) is 13.1. The molecule has 0 unspecified atom stereocenters. The molecule has 1 heterocycles. The SMILES string of the molecule is Cc1cc(C(=O)NCCCc2ccc(N3CCN(C)CC3)cc2)ccc1[N+](=O)[O-]. The summed E-state index contributed by atoms with van der Waals surface area (Å²) in [5.41, 5.74) is 3.49. The number of likely N-dealkylation sites (N-methyl/N-ethyl adjacent to an activating group) is 1. The molecule has 1 saturated heterocycles. The predicted octanol–water partition coefficient (Wildman–Crippen LogP) is 3.02. The number of benzene rings is 2. The Balaban J connectivity index is 1.44. The summed E-state index contributed by atoms with van der Waals surface area (Å²) in [5, 5.41) is 13.8. The van der Waals surface area contributed by atoms with Gasteiger partial charge in [-0.3, -0.25) is 14.9 Å². The van der Waals surface area contributed by atoms with Crippen molar-refractivity contribution in [1.29, 1.82) is 0 Å². The number of carbonyl (C=O) groups is 1. The first-order valence-corrected chi connectivity index (χ1v) is 10.00. The number of nitro benzene ring substituents is 1. The van der Waals surface area contributed by atoms with Gasteiger partial charge in [-0.15, -0.1) is 0 Å². The van der Waals surface area contributed by atoms with E-state index in [0.29, 0.717) is 17.7 Å². The van der Waals surface area contributed by atoms with Crippen LogP contribution in [0.25, 0.3) is 0 Å². The second-order valence-corrected chi connectivity index (χ2v) is 7.57. The number of nitro groups is 1. The van der Waals surface area contributed by atoms with Crippen molar-refractivity contribution in [3.63, 3.8) is 0 Å². The number of nitrogens with zero attached hydrogens (tertiary/aromatic N) is 3. The Morgan fingerprint density at radius 1 is 1.10 bits per heavy atom. The van der Waals surface area contributed by atoms with Crippen LogP contribution in [0.1, 0.15) is 27.9 Å². The number of aryl methyl sites for hydroxylation is 2. The summed E-state index contributed by atoms with van der Waals surface area (Å²) in [6.45, 7) is 6.51. The molecule has 0 aliphatic carbocycles. The van der Waals surface area contributed by atoms with E-state index in [0.717, 1.165) is 39.0 Å². The van der Waals surface area contributed by atoms with Gasteiger partial charge in [0.05, 0.1) is 4.92 Å². The van der Waals surface area contributed by atoms with Crippen molar-refractivity contribution in [3.05, 3.63) is 69.3 Å². The minimum absolute atomic E-state index is 0.0292. The Labute approximate surface area is 171 Å². The van der Waals surface area contributed by atoms with Crippen LogP contribution in [-0.2, 0) is 6.42 Å². The molecule has 1 N–H and O–H groups in total. The summed E-state index contributed by atoms with van der Waals surface area (Å²) in [7, 11) is 2.15. The molecule has 0 aromatic heterocycles. The summed E-state index contributed by atoms with van der Waals surface area (Å²) >= 11 is 0. The van der Waals surface area contributed by atoms with Gasteiger partial charge in [0.25, 0.3) is 11.6 Å². The molecule has 154 valence electrons. The second kappa shape index (κ2) is 9.52. The monoisotopic (exact) mass is 396 g/mol. The summed E-state index contributed by atoms with van der Waals surface area (Å²) in [4.78, 5) is 27.4. The average Bonchev–Trinajstić information content (AvgIpc) is 2.72. The molecule has 29 heavy (non-hydrogen) atoms. The van der Waals surface area contributed by atoms with Gasteiger partial charge in [0.1, 0.15) is 0 Å². The van der Waals surface area contributed by atoms with Crippen LogP contribution in [0, 0.1) is 17.0 Å². The van der Waals surface area contributed by atoms with E-state index < -0.39 is 4.92 Å². The lowest BCUT2D eigenvalue weighted by atomic mass is 10.1. The normalized spacial score (nSPS) is 14.6. The van der Waals surface area contributed by atoms with E-state index in [1.54, 1.807) is 13.0 Å². The zero-order valence-electron chi connectivity index (χ0n) is 17.1. The highest BCUT2D eigenvalue weighted by Crippen LogP contribution is 2.19. The van der Waals surface area contributed by atoms with E-state index in [9.17, 15) is 14.9 Å². The maximum absolute atomic E-state index is 12.2. The van der Waals surface area contributed by atoms with Gasteiger partial charge in [-0.25, -0.2) is 0 Å². The van der Waals surface area contributed by atoms with E-state index in [4.69, 9.17) is 0 Å². The number of nitrogens with one attached hydrogen (secondary N) is 1. The first-order chi connectivity index (χ1) is 13.9. The summed E-state index contributed by atoms with van der Waals surface area (Å²) in [6.07, 6.45) is 1.73. The van der Waals surface area contributed by atoms with E-state index in [1.165, 1.54) is 23.4 Å². The van der Waals surface area contributed by atoms with Crippen molar-refractivity contribution >= 4 is 17.3 Å². The van der Waals surface area contributed by atoms with Crippen molar-refractivity contribution < 1.29 is 9.72 Å². The number of hydrogen-bond acceptors (Lipinski definition) is 5. The molecule has 2 aromatic rings. The number of anilines is 1. The quantitative estimate of drug-likeness (QED) is 0.442. The maximum Gasteiger partial charge on any atom is 0.272 e. The van der Waals surface area contributed by atoms with Gasteiger partial charge in [0, 0.05) is 55.6 Å². The largest absolute Gasteiger partial charge is 0.369 e. The zero-order chi connectivity index (χ0) is 20.8. The third-order valence-corrected chi connectivity index (χ3v) is 5.39. The molecule has 0 atom stereocenters. The maximum atomic E-state index is 12.2. The Morgan fingerprint density at radius 2 is 1.79 bits per heavy atom. The van der Waals surface area contributed by atoms with Crippen LogP contribution >= 0.6 is 0 Å². The van der Waals surface area contributed by atoms with Crippen molar-refractivity contribution in [1.82, 2.24) is 10.2 Å². The number of amides is 1. The molecule has 0 radical (unpaired) electrons. The van der Waals surface area contributed by atoms with Gasteiger partial charge < -0.3 is 15.1 Å². The summed E-state index contributed by atoms with van der Waals surface area (Å²) in [5.74, 6) is -0.201. The number of piperazine rings is 1. The van der Waals surface area contributed by atoms with E-state index in [2.05, 4.69) is 46.4 Å². The average molecular weight is 396 g/mol. The number of rotatable bonds is 7. The molecule has 1 amide bonds. The molecule has 7 heteroatoms. The molecular weight excluding hydrogens is 368 g/mol. The standard InChI is InChI=1S/C22H28N4O3/c1-17-16-19(7-10-21(17)26(28)29)22(27)23-11-3-4-18-5-8-20(9-6-18)25-14-12-24(2)13-15-25/h5-10,16H,3-4,11-15H2,1-2H3,(H,23,27). The molecule has 1 aliphatic rings. The van der Waals surface area contributed by atoms with E-state index >= 15 is 0 Å². The van der Waals surface area contributed by atoms with Gasteiger partial charge in [-0.05, 0) is 56.6 Å². The highest BCUT2D eigenvalue weighted by molar-refractivity contribution is 5.94. The van der Waals surface area contributed by atoms with Crippen LogP contribution in [-0.4, -0.2) is 55.5 Å². The number of hydrogen-bond donors (Lipinski definition) is 1. The molecule has 0 saturated carbocycles. The lowest BCUT2D eigenvalue weighted by Crippen LogP contribution is -2.44. The highest BCUT2D eigenvalue weighted by atomic mass is 16.6. The molecule has 0 bridgehead atoms. The number of carbonyl (C=O) groups excluding carboxylic acids is 1. The molecular formula is C22H28N4O3. The van der Waals surface area contributed by atoms with Crippen LogP contribution in [0.2, 0.25) is 0 Å². The summed E-state index contributed by atoms with van der Waals surface area (Å²) < 4.78 is 0. The highest BCUT2D eigenvalue weighted by Gasteiger charge is 2.15. The third kappa shape index (κ3) is 5.54. The molecule has 1 aliphatic heterocycles. The van der Waals surface area contributed by atoms with Gasteiger partial charge in [-0.2, -0.15) is 0 Å². The molecule has 7 nitrogen and oxygen atoms in total. The fourth-order valence-electron chi connectivity index (χ4n) is 3.54. The topological polar surface area (TPSA) is 78.7 Å². The predicted molar refractivity (Wildman–Crippen MR) is 115 cm³/mol. The molecule has 0 spiro atoms. The Morgan fingerprint density at radius 3 is 2.41 bits per heavy atom. The van der Waals surface area contributed by atoms with Gasteiger partial charge in [0.2, 0.25) is 0 Å². The minimum atomic E-state index is -0.438. The van der Waals surface area contributed by atoms with Crippen molar-refractivity contribution in [2.75, 3.05) is 44.7 Å². The Hall–Kier alpha value is -2.93. The van der Waals surface area contributed by atoms with Crippen LogP contribution in [0.3, 0.4) is 0 Å². The second-order valence-electron chi connectivity index (χ2n) is 7.57. The van der Waals surface area contributed by atoms with Gasteiger partial charge in [0.15, 0.2) is 0 Å². The van der Waals surface area contributed by atoms with Crippen molar-refractivity contribution in [2.45, 2.75) is 19.8 Å². The third-order valence-electron chi connectivity index (χ3n) is 5.39. The van der Waals surface area contributed by atoms with E-state index in [1.807, 2.05) is 0 Å². The first-order valence-electron chi connectivity index (χ1n) is 10.00. The van der Waals surface area contributed by atoms with E-state index in [-0.39, 0.29) is 11.6 Å². The fraction of sp³-hybridized carbons (Fsp3) is 0.409. The minimum Gasteiger partial charge on any atom is -0.369 e. The zero-order valence-corrected chi connectivity index (χ0v) is 17.1. The fourth-order valence-corrected chi connectivity index (χ4v) is 3.54. The van der Waals surface area contributed by atoms with Crippen LogP contribution in [0.4, 0.5) is 11.4 Å². The molecule has 1 fully saturated rings. The Bertz CT molecular complexity index is 859. The van der Waals surface area contributed by atoms with Crippen molar-refractivity contribution in [2.24, 2.45) is 0 Å². The molecule has 2 aromatic carbocycles.